The number of benzene rings is 1. The van der Waals surface area contributed by atoms with Crippen molar-refractivity contribution in [3.8, 4) is 0 Å². The minimum atomic E-state index is -0.136. The van der Waals surface area contributed by atoms with Crippen LogP contribution in [0.2, 0.25) is 0 Å². The van der Waals surface area contributed by atoms with Crippen LogP contribution in [0.4, 0.5) is 4.39 Å². The number of aryl methyl sites for hydroxylation is 1. The average Bonchev–Trinajstić information content (AvgIpc) is 2.47. The molecule has 0 aliphatic carbocycles. The van der Waals surface area contributed by atoms with E-state index in [1.807, 2.05) is 13.0 Å². The third-order valence-electron chi connectivity index (χ3n) is 4.36. The van der Waals surface area contributed by atoms with Crippen LogP contribution >= 0.6 is 0 Å². The first-order chi connectivity index (χ1) is 10.1. The molecule has 2 atom stereocenters. The Kier molecular flexibility index (Phi) is 8.60. The third-order valence-corrected chi connectivity index (χ3v) is 4.36. The molecule has 0 radical (unpaired) electrons. The van der Waals surface area contributed by atoms with Crippen molar-refractivity contribution in [3.05, 3.63) is 35.1 Å². The monoisotopic (exact) mass is 293 g/mol. The summed E-state index contributed by atoms with van der Waals surface area (Å²) >= 11 is 0. The van der Waals surface area contributed by atoms with Gasteiger partial charge < -0.3 is 5.32 Å². The second-order valence-corrected chi connectivity index (χ2v) is 6.16. The summed E-state index contributed by atoms with van der Waals surface area (Å²) in [7, 11) is 0. The molecule has 2 heteroatoms. The van der Waals surface area contributed by atoms with Gasteiger partial charge in [0, 0.05) is 6.04 Å². The first-order valence-corrected chi connectivity index (χ1v) is 8.61. The van der Waals surface area contributed by atoms with Crippen molar-refractivity contribution in [3.63, 3.8) is 0 Å². The van der Waals surface area contributed by atoms with E-state index in [0.29, 0.717) is 6.04 Å². The zero-order valence-corrected chi connectivity index (χ0v) is 14.2. The van der Waals surface area contributed by atoms with Crippen LogP contribution in [0.5, 0.6) is 0 Å². The molecule has 0 spiro atoms. The Hall–Kier alpha value is -0.890. The molecule has 21 heavy (non-hydrogen) atoms. The van der Waals surface area contributed by atoms with Gasteiger partial charge in [0.15, 0.2) is 0 Å². The van der Waals surface area contributed by atoms with E-state index in [-0.39, 0.29) is 5.82 Å². The van der Waals surface area contributed by atoms with Crippen molar-refractivity contribution in [1.82, 2.24) is 5.32 Å². The number of unbranched alkanes of at least 4 members (excludes halogenated alkanes) is 1. The van der Waals surface area contributed by atoms with E-state index < -0.39 is 0 Å². The van der Waals surface area contributed by atoms with Crippen LogP contribution in [-0.4, -0.2) is 6.54 Å². The summed E-state index contributed by atoms with van der Waals surface area (Å²) in [5.74, 6) is 0.618. The Bertz CT molecular complexity index is 403. The molecule has 2 unspecified atom stereocenters. The topological polar surface area (TPSA) is 12.0 Å². The lowest BCUT2D eigenvalue weighted by Gasteiger charge is -2.25. The molecule has 0 bridgehead atoms. The van der Waals surface area contributed by atoms with Crippen molar-refractivity contribution >= 4 is 0 Å². The van der Waals surface area contributed by atoms with Gasteiger partial charge >= 0.3 is 0 Å². The highest BCUT2D eigenvalue weighted by Gasteiger charge is 2.18. The van der Waals surface area contributed by atoms with E-state index in [9.17, 15) is 4.39 Å². The second kappa shape index (κ2) is 9.94. The predicted octanol–water partition coefficient (Wildman–Crippen LogP) is 5.78. The lowest BCUT2D eigenvalue weighted by Crippen LogP contribution is -2.25. The number of halogens is 1. The van der Waals surface area contributed by atoms with E-state index in [1.165, 1.54) is 31.2 Å². The number of rotatable bonds is 10. The molecule has 1 aromatic rings. The van der Waals surface area contributed by atoms with E-state index in [4.69, 9.17) is 0 Å². The van der Waals surface area contributed by atoms with Crippen LogP contribution in [0.25, 0.3) is 0 Å². The summed E-state index contributed by atoms with van der Waals surface area (Å²) in [6, 6.07) is 5.57. The summed E-state index contributed by atoms with van der Waals surface area (Å²) < 4.78 is 13.3. The molecule has 0 aromatic heterocycles. The first kappa shape index (κ1) is 18.2. The molecule has 0 amide bonds. The van der Waals surface area contributed by atoms with Crippen molar-refractivity contribution < 1.29 is 4.39 Å². The van der Waals surface area contributed by atoms with Crippen LogP contribution in [-0.2, 0) is 0 Å². The lowest BCUT2D eigenvalue weighted by atomic mass is 9.87. The quantitative estimate of drug-likeness (QED) is 0.576. The highest BCUT2D eigenvalue weighted by molar-refractivity contribution is 5.29. The summed E-state index contributed by atoms with van der Waals surface area (Å²) in [5.41, 5.74) is 2.33. The van der Waals surface area contributed by atoms with Gasteiger partial charge in [-0.3, -0.25) is 0 Å². The number of hydrogen-bond acceptors (Lipinski definition) is 1. The highest BCUT2D eigenvalue weighted by Crippen LogP contribution is 2.29. The standard InChI is InChI=1S/C19H32FN/c1-5-8-9-16(7-3)14-19(21-12-6-2)18-11-10-17(20)13-15(18)4/h10-11,13,16,19,21H,5-9,12,14H2,1-4H3. The summed E-state index contributed by atoms with van der Waals surface area (Å²) in [6.07, 6.45) is 7.38. The Morgan fingerprint density at radius 3 is 2.48 bits per heavy atom. The van der Waals surface area contributed by atoms with Crippen molar-refractivity contribution in [2.24, 2.45) is 5.92 Å². The summed E-state index contributed by atoms with van der Waals surface area (Å²) in [5, 5.41) is 3.66. The Labute approximate surface area is 130 Å². The molecule has 1 nitrogen and oxygen atoms in total. The predicted molar refractivity (Wildman–Crippen MR) is 90.1 cm³/mol. The van der Waals surface area contributed by atoms with Crippen LogP contribution in [0.3, 0.4) is 0 Å². The fourth-order valence-electron chi connectivity index (χ4n) is 2.98. The van der Waals surface area contributed by atoms with E-state index in [2.05, 4.69) is 26.1 Å². The van der Waals surface area contributed by atoms with Crippen molar-refractivity contribution in [1.29, 1.82) is 0 Å². The lowest BCUT2D eigenvalue weighted by molar-refractivity contribution is 0.353. The van der Waals surface area contributed by atoms with Gasteiger partial charge in [0.2, 0.25) is 0 Å². The fourth-order valence-corrected chi connectivity index (χ4v) is 2.98. The van der Waals surface area contributed by atoms with E-state index >= 15 is 0 Å². The molecule has 1 aromatic carbocycles. The second-order valence-electron chi connectivity index (χ2n) is 6.16. The van der Waals surface area contributed by atoms with Gasteiger partial charge in [-0.15, -0.1) is 0 Å². The molecule has 0 aliphatic heterocycles. The van der Waals surface area contributed by atoms with Crippen LogP contribution in [0, 0.1) is 18.7 Å². The maximum absolute atomic E-state index is 13.3. The van der Waals surface area contributed by atoms with E-state index in [1.54, 1.807) is 12.1 Å². The number of nitrogens with one attached hydrogen (secondary N) is 1. The molecule has 0 saturated heterocycles. The average molecular weight is 293 g/mol. The van der Waals surface area contributed by atoms with Gasteiger partial charge in [-0.25, -0.2) is 4.39 Å². The van der Waals surface area contributed by atoms with Gasteiger partial charge in [-0.1, -0.05) is 52.5 Å². The molecular weight excluding hydrogens is 261 g/mol. The Balaban J connectivity index is 2.83. The molecule has 0 saturated carbocycles. The molecule has 120 valence electrons. The molecular formula is C19H32FN. The van der Waals surface area contributed by atoms with Crippen molar-refractivity contribution in [2.75, 3.05) is 6.54 Å². The highest BCUT2D eigenvalue weighted by atomic mass is 19.1. The molecule has 0 aliphatic rings. The largest absolute Gasteiger partial charge is 0.310 e. The minimum Gasteiger partial charge on any atom is -0.310 e. The van der Waals surface area contributed by atoms with Gasteiger partial charge in [0.1, 0.15) is 5.82 Å². The first-order valence-electron chi connectivity index (χ1n) is 8.61. The van der Waals surface area contributed by atoms with Gasteiger partial charge in [-0.05, 0) is 55.5 Å². The third kappa shape index (κ3) is 6.17. The van der Waals surface area contributed by atoms with Gasteiger partial charge in [0.05, 0.1) is 0 Å². The maximum Gasteiger partial charge on any atom is 0.123 e. The Morgan fingerprint density at radius 1 is 1.14 bits per heavy atom. The normalized spacial score (nSPS) is 14.1. The molecule has 1 rings (SSSR count). The molecule has 1 N–H and O–H groups in total. The van der Waals surface area contributed by atoms with Crippen LogP contribution in [0.15, 0.2) is 18.2 Å². The number of hydrogen-bond donors (Lipinski definition) is 1. The Morgan fingerprint density at radius 2 is 1.90 bits per heavy atom. The van der Waals surface area contributed by atoms with E-state index in [0.717, 1.165) is 30.9 Å². The zero-order chi connectivity index (χ0) is 15.7. The summed E-state index contributed by atoms with van der Waals surface area (Å²) in [4.78, 5) is 0. The summed E-state index contributed by atoms with van der Waals surface area (Å²) in [6.45, 7) is 9.77. The zero-order valence-electron chi connectivity index (χ0n) is 14.2. The molecule has 0 fully saturated rings. The SMILES string of the molecule is CCCCC(CC)CC(NCCC)c1ccc(F)cc1C. The molecule has 0 heterocycles. The van der Waals surface area contributed by atoms with Crippen LogP contribution in [0.1, 0.15) is 76.5 Å². The minimum absolute atomic E-state index is 0.136. The van der Waals surface area contributed by atoms with Crippen molar-refractivity contribution in [2.45, 2.75) is 72.3 Å². The fraction of sp³-hybridized carbons (Fsp3) is 0.684. The van der Waals surface area contributed by atoms with Gasteiger partial charge in [-0.2, -0.15) is 0 Å². The maximum atomic E-state index is 13.3. The van der Waals surface area contributed by atoms with Crippen LogP contribution < -0.4 is 5.32 Å². The van der Waals surface area contributed by atoms with Gasteiger partial charge in [0.25, 0.3) is 0 Å². The smallest absolute Gasteiger partial charge is 0.123 e.